The van der Waals surface area contributed by atoms with Crippen molar-refractivity contribution in [3.8, 4) is 5.75 Å². The molecule has 11 nitrogen and oxygen atoms in total. The van der Waals surface area contributed by atoms with E-state index in [1.54, 1.807) is 0 Å². The number of amides is 1. The summed E-state index contributed by atoms with van der Waals surface area (Å²) in [5.74, 6) is 4.16. The van der Waals surface area contributed by atoms with Crippen molar-refractivity contribution in [3.05, 3.63) is 63.9 Å². The van der Waals surface area contributed by atoms with Gasteiger partial charge in [0.25, 0.3) is 11.5 Å². The summed E-state index contributed by atoms with van der Waals surface area (Å²) in [6.07, 6.45) is 4.04. The molecule has 0 bridgehead atoms. The summed E-state index contributed by atoms with van der Waals surface area (Å²) in [6, 6.07) is 3.87. The van der Waals surface area contributed by atoms with Crippen LogP contribution in [0.15, 0.2) is 35.4 Å². The lowest BCUT2D eigenvalue weighted by atomic mass is 9.92. The number of nitrogens with zero attached hydrogens (tertiary/aromatic N) is 3. The van der Waals surface area contributed by atoms with Gasteiger partial charge in [0.1, 0.15) is 17.2 Å². The fourth-order valence-electron chi connectivity index (χ4n) is 4.24. The Kier molecular flexibility index (Phi) is 6.82. The van der Waals surface area contributed by atoms with Gasteiger partial charge < -0.3 is 25.6 Å². The van der Waals surface area contributed by atoms with E-state index >= 15 is 0 Å². The number of hydrogen-bond donors (Lipinski definition) is 4. The summed E-state index contributed by atoms with van der Waals surface area (Å²) in [4.78, 5) is 30.4. The molecule has 1 aromatic heterocycles. The van der Waals surface area contributed by atoms with Crippen LogP contribution in [-0.2, 0) is 28.2 Å². The number of benzene rings is 1. The molecule has 12 heteroatoms. The highest BCUT2D eigenvalue weighted by Gasteiger charge is 2.42. The van der Waals surface area contributed by atoms with Crippen LogP contribution in [0.3, 0.4) is 0 Å². The number of nitrogens with two attached hydrogens (primary N) is 2. The van der Waals surface area contributed by atoms with Gasteiger partial charge in [0.2, 0.25) is 5.75 Å². The molecule has 2 aliphatic heterocycles. The molecule has 2 aliphatic rings. The Labute approximate surface area is 194 Å². The Morgan fingerprint density at radius 2 is 2.12 bits per heavy atom. The number of hydrazine groups is 1. The number of nitrogens with one attached hydrogen (secondary N) is 1. The van der Waals surface area contributed by atoms with Gasteiger partial charge in [0, 0.05) is 58.2 Å². The van der Waals surface area contributed by atoms with E-state index in [1.165, 1.54) is 35.2 Å². The van der Waals surface area contributed by atoms with Gasteiger partial charge in [-0.05, 0) is 24.1 Å². The fourth-order valence-corrected chi connectivity index (χ4v) is 4.24. The average Bonchev–Trinajstić information content (AvgIpc) is 3.00. The lowest BCUT2D eigenvalue weighted by molar-refractivity contribution is -0.118. The van der Waals surface area contributed by atoms with Gasteiger partial charge in [-0.1, -0.05) is 6.07 Å². The van der Waals surface area contributed by atoms with E-state index < -0.39 is 34.3 Å². The van der Waals surface area contributed by atoms with Crippen molar-refractivity contribution < 1.29 is 23.8 Å². The molecule has 0 saturated carbocycles. The first-order valence-corrected chi connectivity index (χ1v) is 10.9. The zero-order valence-electron chi connectivity index (χ0n) is 18.5. The summed E-state index contributed by atoms with van der Waals surface area (Å²) in [6.45, 7) is 1.52. The van der Waals surface area contributed by atoms with E-state index in [1.807, 2.05) is 0 Å². The number of aromatic nitrogens is 2. The largest absolute Gasteiger partial charge is 0.501 e. The van der Waals surface area contributed by atoms with Crippen LogP contribution in [-0.4, -0.2) is 40.4 Å². The van der Waals surface area contributed by atoms with Crippen LogP contribution in [0.25, 0.3) is 0 Å². The van der Waals surface area contributed by atoms with E-state index in [2.05, 4.69) is 10.3 Å². The lowest BCUT2D eigenvalue weighted by Gasteiger charge is -2.36. The highest BCUT2D eigenvalue weighted by atomic mass is 19.1. The molecular formula is C22H27FN6O5. The minimum absolute atomic E-state index is 0.0738. The maximum atomic E-state index is 13.8. The summed E-state index contributed by atoms with van der Waals surface area (Å²) in [7, 11) is 0. The predicted molar refractivity (Wildman–Crippen MR) is 120 cm³/mol. The van der Waals surface area contributed by atoms with Crippen molar-refractivity contribution >= 4 is 11.6 Å². The molecule has 6 N–H and O–H groups in total. The van der Waals surface area contributed by atoms with Crippen LogP contribution in [0.2, 0.25) is 0 Å². The third-order valence-electron chi connectivity index (χ3n) is 5.98. The molecule has 1 fully saturated rings. The van der Waals surface area contributed by atoms with Gasteiger partial charge in [-0.3, -0.25) is 19.2 Å². The van der Waals surface area contributed by atoms with Gasteiger partial charge in [-0.2, -0.15) is 0 Å². The van der Waals surface area contributed by atoms with Crippen molar-refractivity contribution in [3.63, 3.8) is 0 Å². The van der Waals surface area contributed by atoms with Crippen molar-refractivity contribution in [2.45, 2.75) is 38.0 Å². The number of fused-ring (bicyclic) bond motifs is 2. The molecule has 0 aliphatic carbocycles. The highest BCUT2D eigenvalue weighted by molar-refractivity contribution is 5.94. The molecule has 0 radical (unpaired) electrons. The van der Waals surface area contributed by atoms with Gasteiger partial charge in [0.15, 0.2) is 5.69 Å². The second-order valence-corrected chi connectivity index (χ2v) is 8.10. The van der Waals surface area contributed by atoms with Crippen LogP contribution in [0.4, 0.5) is 10.1 Å². The number of carbonyl (C=O) groups excluding carboxylic acids is 1. The van der Waals surface area contributed by atoms with Crippen LogP contribution in [0.1, 0.15) is 41.1 Å². The smallest absolute Gasteiger partial charge is 0.296 e. The number of rotatable bonds is 5. The normalized spacial score (nSPS) is 17.4. The topological polar surface area (TPSA) is 158 Å². The second kappa shape index (κ2) is 9.79. The minimum atomic E-state index is -0.866. The van der Waals surface area contributed by atoms with Crippen molar-refractivity contribution in [1.29, 1.82) is 0 Å². The van der Waals surface area contributed by atoms with Gasteiger partial charge >= 0.3 is 0 Å². The van der Waals surface area contributed by atoms with Gasteiger partial charge in [-0.15, -0.1) is 0 Å². The summed E-state index contributed by atoms with van der Waals surface area (Å²) < 4.78 is 26.7. The zero-order chi connectivity index (χ0) is 24.3. The first kappa shape index (κ1) is 23.7. The quantitative estimate of drug-likeness (QED) is 0.359. The molecular weight excluding hydrogens is 447 g/mol. The monoisotopic (exact) mass is 474 g/mol. The fraction of sp³-hybridized carbons (Fsp3) is 0.409. The molecule has 1 aromatic carbocycles. The highest BCUT2D eigenvalue weighted by Crippen LogP contribution is 2.37. The zero-order valence-corrected chi connectivity index (χ0v) is 18.5. The second-order valence-electron chi connectivity index (χ2n) is 8.10. The molecule has 1 saturated heterocycles. The number of carbonyl (C=O) groups is 1. The molecule has 4 rings (SSSR count). The van der Waals surface area contributed by atoms with Crippen LogP contribution < -0.4 is 27.5 Å². The third kappa shape index (κ3) is 4.47. The average molecular weight is 474 g/mol. The van der Waals surface area contributed by atoms with E-state index in [0.29, 0.717) is 57.0 Å². The summed E-state index contributed by atoms with van der Waals surface area (Å²) in [5, 5.41) is 14.3. The Hall–Kier alpha value is -3.48. The summed E-state index contributed by atoms with van der Waals surface area (Å²) in [5.41, 5.74) is 4.14. The predicted octanol–water partition coefficient (Wildman–Crippen LogP) is 0.554. The van der Waals surface area contributed by atoms with E-state index in [-0.39, 0.29) is 12.2 Å². The first-order valence-electron chi connectivity index (χ1n) is 10.9. The van der Waals surface area contributed by atoms with Crippen molar-refractivity contribution in [2.24, 2.45) is 11.6 Å². The Balaban J connectivity index is 1.65. The molecule has 1 spiro atoms. The standard InChI is InChI=1S/C22H27FN6O5/c23-15-3-2-14(16(12-15)29(25)8-6-24)13-26-19(31)17-18(30)20(32)28-7-1-9-34-22(21(28)27-17)4-10-33-11-5-22/h2-3,6,8,12,30H,1,4-5,7,9-11,13,24-25H2,(H,26,31)/b8-6-. The van der Waals surface area contributed by atoms with Gasteiger partial charge in [-0.25, -0.2) is 15.2 Å². The Morgan fingerprint density at radius 3 is 2.85 bits per heavy atom. The SMILES string of the molecule is N/C=C\N(N)c1cc(F)ccc1CNC(=O)c1nc2n(c(=O)c1O)CCCOC21CCOCC1. The number of halogens is 1. The molecule has 0 unspecified atom stereocenters. The van der Waals surface area contributed by atoms with E-state index in [9.17, 15) is 19.1 Å². The minimum Gasteiger partial charge on any atom is -0.501 e. The third-order valence-corrected chi connectivity index (χ3v) is 5.98. The maximum absolute atomic E-state index is 13.8. The Morgan fingerprint density at radius 1 is 1.35 bits per heavy atom. The van der Waals surface area contributed by atoms with Crippen molar-refractivity contribution in [1.82, 2.24) is 14.9 Å². The van der Waals surface area contributed by atoms with E-state index in [4.69, 9.17) is 21.1 Å². The molecule has 182 valence electrons. The molecule has 3 heterocycles. The van der Waals surface area contributed by atoms with Crippen LogP contribution in [0, 0.1) is 5.82 Å². The molecule has 2 aromatic rings. The Bertz CT molecular complexity index is 1160. The number of ether oxygens (including phenoxy) is 2. The maximum Gasteiger partial charge on any atom is 0.296 e. The number of hydrogen-bond acceptors (Lipinski definition) is 9. The lowest BCUT2D eigenvalue weighted by Crippen LogP contribution is -2.42. The first-order chi connectivity index (χ1) is 16.4. The number of anilines is 1. The van der Waals surface area contributed by atoms with E-state index in [0.717, 1.165) is 5.01 Å². The van der Waals surface area contributed by atoms with Crippen LogP contribution in [0.5, 0.6) is 5.75 Å². The molecule has 34 heavy (non-hydrogen) atoms. The summed E-state index contributed by atoms with van der Waals surface area (Å²) >= 11 is 0. The van der Waals surface area contributed by atoms with Gasteiger partial charge in [0.05, 0.1) is 5.69 Å². The number of aromatic hydroxyl groups is 1. The molecule has 1 amide bonds. The molecule has 0 atom stereocenters. The van der Waals surface area contributed by atoms with Crippen LogP contribution >= 0.6 is 0 Å². The van der Waals surface area contributed by atoms with Crippen molar-refractivity contribution in [2.75, 3.05) is 24.8 Å².